The summed E-state index contributed by atoms with van der Waals surface area (Å²) in [5.41, 5.74) is 1.47. The molecule has 3 rings (SSSR count). The number of nitrogens with zero attached hydrogens (tertiary/aromatic N) is 4. The molecule has 0 bridgehead atoms. The number of anilines is 1. The van der Waals surface area contributed by atoms with Gasteiger partial charge in [0.25, 0.3) is 0 Å². The summed E-state index contributed by atoms with van der Waals surface area (Å²) < 4.78 is 6.81. The van der Waals surface area contributed by atoms with Gasteiger partial charge in [0.2, 0.25) is 11.8 Å². The van der Waals surface area contributed by atoms with Crippen LogP contribution in [0.4, 0.5) is 5.88 Å². The number of carbonyl (C=O) groups is 1. The van der Waals surface area contributed by atoms with E-state index in [1.54, 1.807) is 19.9 Å². The van der Waals surface area contributed by atoms with Crippen LogP contribution in [-0.2, 0) is 4.79 Å². The minimum atomic E-state index is -0.344. The molecule has 108 valence electrons. The van der Waals surface area contributed by atoms with Gasteiger partial charge in [0, 0.05) is 12.3 Å². The van der Waals surface area contributed by atoms with Crippen molar-refractivity contribution in [2.24, 2.45) is 0 Å². The maximum Gasteiger partial charge on any atom is 0.240 e. The molecule has 0 fully saturated rings. The van der Waals surface area contributed by atoms with Crippen LogP contribution < -0.4 is 5.32 Å². The fourth-order valence-electron chi connectivity index (χ4n) is 1.76. The van der Waals surface area contributed by atoms with Crippen molar-refractivity contribution in [3.63, 3.8) is 0 Å². The molecule has 3 aromatic heterocycles. The summed E-state index contributed by atoms with van der Waals surface area (Å²) in [6.45, 7) is 3.59. The van der Waals surface area contributed by atoms with Gasteiger partial charge in [-0.25, -0.2) is 0 Å². The van der Waals surface area contributed by atoms with Crippen LogP contribution in [0.25, 0.3) is 5.65 Å². The SMILES string of the molecule is Cc1cc(NC(=O)[C@@H](C)Sc2nnc3ccccn23)on1. The van der Waals surface area contributed by atoms with Gasteiger partial charge in [0.15, 0.2) is 10.8 Å². The number of hydrogen-bond donors (Lipinski definition) is 1. The van der Waals surface area contributed by atoms with Crippen molar-refractivity contribution in [2.75, 3.05) is 5.32 Å². The van der Waals surface area contributed by atoms with E-state index < -0.39 is 0 Å². The standard InChI is InChI=1S/C13H13N5O2S/c1-8-7-11(20-17-8)14-12(19)9(2)21-13-16-15-10-5-3-4-6-18(10)13/h3-7,9H,1-2H3,(H,14,19)/t9-/m1/s1. The zero-order chi connectivity index (χ0) is 14.8. The molecular formula is C13H13N5O2S. The number of carbonyl (C=O) groups excluding carboxylic acids is 1. The van der Waals surface area contributed by atoms with Crippen molar-refractivity contribution >= 4 is 29.2 Å². The van der Waals surface area contributed by atoms with Gasteiger partial charge in [-0.15, -0.1) is 10.2 Å². The Bertz CT molecular complexity index is 782. The molecule has 3 heterocycles. The van der Waals surface area contributed by atoms with Gasteiger partial charge in [0.05, 0.1) is 10.9 Å². The summed E-state index contributed by atoms with van der Waals surface area (Å²) in [7, 11) is 0. The van der Waals surface area contributed by atoms with Crippen molar-refractivity contribution in [3.05, 3.63) is 36.2 Å². The number of nitrogens with one attached hydrogen (secondary N) is 1. The van der Waals surface area contributed by atoms with Crippen molar-refractivity contribution in [3.8, 4) is 0 Å². The second kappa shape index (κ2) is 5.57. The molecule has 0 aromatic carbocycles. The van der Waals surface area contributed by atoms with E-state index in [4.69, 9.17) is 4.52 Å². The second-order valence-electron chi connectivity index (χ2n) is 4.49. The van der Waals surface area contributed by atoms with Crippen molar-refractivity contribution in [1.29, 1.82) is 0 Å². The number of rotatable bonds is 4. The minimum absolute atomic E-state index is 0.177. The number of amides is 1. The molecule has 0 aliphatic heterocycles. The number of fused-ring (bicyclic) bond motifs is 1. The van der Waals surface area contributed by atoms with Crippen molar-refractivity contribution in [2.45, 2.75) is 24.3 Å². The van der Waals surface area contributed by atoms with E-state index in [1.807, 2.05) is 28.8 Å². The van der Waals surface area contributed by atoms with Crippen molar-refractivity contribution < 1.29 is 9.32 Å². The molecular weight excluding hydrogens is 290 g/mol. The van der Waals surface area contributed by atoms with Crippen LogP contribution in [-0.4, -0.2) is 30.9 Å². The first-order chi connectivity index (χ1) is 10.1. The highest BCUT2D eigenvalue weighted by molar-refractivity contribution is 8.00. The maximum absolute atomic E-state index is 12.1. The summed E-state index contributed by atoms with van der Waals surface area (Å²) in [6, 6.07) is 7.31. The van der Waals surface area contributed by atoms with Crippen LogP contribution in [0.1, 0.15) is 12.6 Å². The molecule has 3 aromatic rings. The molecule has 1 N–H and O–H groups in total. The second-order valence-corrected chi connectivity index (χ2v) is 5.80. The van der Waals surface area contributed by atoms with Crippen LogP contribution in [0.5, 0.6) is 0 Å². The quantitative estimate of drug-likeness (QED) is 0.743. The predicted octanol–water partition coefficient (Wildman–Crippen LogP) is 2.15. The summed E-state index contributed by atoms with van der Waals surface area (Å²) in [6.07, 6.45) is 1.86. The topological polar surface area (TPSA) is 85.3 Å². The first-order valence-electron chi connectivity index (χ1n) is 6.34. The van der Waals surface area contributed by atoms with E-state index in [9.17, 15) is 4.79 Å². The highest BCUT2D eigenvalue weighted by Crippen LogP contribution is 2.23. The Kier molecular flexibility index (Phi) is 3.61. The average molecular weight is 303 g/mol. The van der Waals surface area contributed by atoms with E-state index >= 15 is 0 Å². The molecule has 0 saturated heterocycles. The Hall–Kier alpha value is -2.35. The van der Waals surface area contributed by atoms with Gasteiger partial charge in [-0.1, -0.05) is 23.0 Å². The zero-order valence-electron chi connectivity index (χ0n) is 11.5. The molecule has 0 aliphatic carbocycles. The van der Waals surface area contributed by atoms with Gasteiger partial charge in [0.1, 0.15) is 0 Å². The Balaban J connectivity index is 1.70. The van der Waals surface area contributed by atoms with Crippen LogP contribution >= 0.6 is 11.8 Å². The molecule has 1 atom stereocenters. The third kappa shape index (κ3) is 2.89. The summed E-state index contributed by atoms with van der Waals surface area (Å²) in [4.78, 5) is 12.1. The number of thioether (sulfide) groups is 1. The zero-order valence-corrected chi connectivity index (χ0v) is 12.3. The predicted molar refractivity (Wildman–Crippen MR) is 78.2 cm³/mol. The van der Waals surface area contributed by atoms with Crippen molar-refractivity contribution in [1.82, 2.24) is 19.8 Å². The summed E-state index contributed by atoms with van der Waals surface area (Å²) >= 11 is 1.33. The van der Waals surface area contributed by atoms with Crippen LogP contribution in [0, 0.1) is 6.92 Å². The Labute approximate surface area is 124 Å². The van der Waals surface area contributed by atoms with Gasteiger partial charge in [-0.3, -0.25) is 14.5 Å². The number of aromatic nitrogens is 4. The van der Waals surface area contributed by atoms with Gasteiger partial charge < -0.3 is 4.52 Å². The molecule has 0 saturated carbocycles. The molecule has 8 heteroatoms. The molecule has 21 heavy (non-hydrogen) atoms. The highest BCUT2D eigenvalue weighted by atomic mass is 32.2. The number of aryl methyl sites for hydroxylation is 1. The normalized spacial score (nSPS) is 12.5. The monoisotopic (exact) mass is 303 g/mol. The Morgan fingerprint density at radius 2 is 2.29 bits per heavy atom. The Morgan fingerprint density at radius 3 is 3.05 bits per heavy atom. The highest BCUT2D eigenvalue weighted by Gasteiger charge is 2.19. The molecule has 0 spiro atoms. The lowest BCUT2D eigenvalue weighted by Crippen LogP contribution is -2.22. The van der Waals surface area contributed by atoms with E-state index in [0.717, 1.165) is 5.65 Å². The summed E-state index contributed by atoms with van der Waals surface area (Å²) in [5.74, 6) is 0.167. The first kappa shape index (κ1) is 13.6. The average Bonchev–Trinajstić information content (AvgIpc) is 3.06. The largest absolute Gasteiger partial charge is 0.338 e. The van der Waals surface area contributed by atoms with Crippen LogP contribution in [0.15, 0.2) is 40.1 Å². The molecule has 1 amide bonds. The molecule has 7 nitrogen and oxygen atoms in total. The van der Waals surface area contributed by atoms with E-state index in [-0.39, 0.29) is 11.2 Å². The van der Waals surface area contributed by atoms with E-state index in [2.05, 4.69) is 20.7 Å². The van der Waals surface area contributed by atoms with Gasteiger partial charge in [-0.2, -0.15) is 0 Å². The number of pyridine rings is 1. The Morgan fingerprint density at radius 1 is 1.43 bits per heavy atom. The molecule has 0 radical (unpaired) electrons. The van der Waals surface area contributed by atoms with Crippen LogP contribution in [0.2, 0.25) is 0 Å². The maximum atomic E-state index is 12.1. The smallest absolute Gasteiger partial charge is 0.240 e. The first-order valence-corrected chi connectivity index (χ1v) is 7.22. The fraction of sp³-hybridized carbons (Fsp3) is 0.231. The lowest BCUT2D eigenvalue weighted by molar-refractivity contribution is -0.115. The fourth-order valence-corrected chi connectivity index (χ4v) is 2.60. The van der Waals surface area contributed by atoms with E-state index in [1.165, 1.54) is 11.8 Å². The van der Waals surface area contributed by atoms with Gasteiger partial charge in [-0.05, 0) is 26.0 Å². The van der Waals surface area contributed by atoms with Gasteiger partial charge >= 0.3 is 0 Å². The van der Waals surface area contributed by atoms with Crippen LogP contribution in [0.3, 0.4) is 0 Å². The summed E-state index contributed by atoms with van der Waals surface area (Å²) in [5, 5.41) is 14.9. The number of hydrogen-bond acceptors (Lipinski definition) is 6. The molecule has 0 aliphatic rings. The van der Waals surface area contributed by atoms with E-state index in [0.29, 0.717) is 16.7 Å². The minimum Gasteiger partial charge on any atom is -0.338 e. The third-order valence-corrected chi connectivity index (χ3v) is 3.87. The third-order valence-electron chi connectivity index (χ3n) is 2.81. The molecule has 0 unspecified atom stereocenters. The lowest BCUT2D eigenvalue weighted by atomic mass is 10.4. The lowest BCUT2D eigenvalue weighted by Gasteiger charge is -2.08.